The molecule has 102 valence electrons. The number of benzene rings is 1. The Kier molecular flexibility index (Phi) is 4.47. The molecular formula is C11H9Br2ClN2O3. The fourth-order valence-electron chi connectivity index (χ4n) is 2.04. The van der Waals surface area contributed by atoms with Crippen molar-refractivity contribution in [3.63, 3.8) is 0 Å². The van der Waals surface area contributed by atoms with E-state index in [9.17, 15) is 14.9 Å². The lowest BCUT2D eigenvalue weighted by molar-refractivity contribution is -0.384. The number of hydrogen-bond donors (Lipinski definition) is 0. The molecule has 1 amide bonds. The smallest absolute Gasteiger partial charge is 0.306 e. The van der Waals surface area contributed by atoms with Crippen molar-refractivity contribution in [3.8, 4) is 0 Å². The zero-order valence-corrected chi connectivity index (χ0v) is 13.5. The highest BCUT2D eigenvalue weighted by molar-refractivity contribution is 9.10. The van der Waals surface area contributed by atoms with Gasteiger partial charge in [0.1, 0.15) is 10.7 Å². The summed E-state index contributed by atoms with van der Waals surface area (Å²) >= 11 is 12.4. The lowest BCUT2D eigenvalue weighted by Gasteiger charge is -2.17. The van der Waals surface area contributed by atoms with Crippen molar-refractivity contribution in [3.05, 3.63) is 31.7 Å². The quantitative estimate of drug-likeness (QED) is 0.431. The summed E-state index contributed by atoms with van der Waals surface area (Å²) in [6, 6.07) is 3.15. The fraction of sp³-hybridized carbons (Fsp3) is 0.364. The van der Waals surface area contributed by atoms with E-state index in [4.69, 9.17) is 11.6 Å². The average molecular weight is 412 g/mol. The van der Waals surface area contributed by atoms with E-state index >= 15 is 0 Å². The van der Waals surface area contributed by atoms with Gasteiger partial charge in [-0.05, 0) is 34.0 Å². The van der Waals surface area contributed by atoms with Crippen molar-refractivity contribution in [2.45, 2.75) is 6.42 Å². The Morgan fingerprint density at radius 3 is 2.74 bits per heavy atom. The fourth-order valence-corrected chi connectivity index (χ4v) is 3.02. The molecule has 0 spiro atoms. The van der Waals surface area contributed by atoms with Crippen molar-refractivity contribution in [1.29, 1.82) is 0 Å². The van der Waals surface area contributed by atoms with Gasteiger partial charge in [-0.2, -0.15) is 0 Å². The minimum absolute atomic E-state index is 0.0117. The number of alkyl halides is 1. The molecule has 1 saturated heterocycles. The molecule has 1 aliphatic heterocycles. The second kappa shape index (κ2) is 5.76. The molecule has 0 bridgehead atoms. The first-order chi connectivity index (χ1) is 8.95. The molecule has 1 aromatic carbocycles. The molecule has 8 heteroatoms. The van der Waals surface area contributed by atoms with Crippen LogP contribution in [-0.2, 0) is 4.79 Å². The molecule has 1 fully saturated rings. The van der Waals surface area contributed by atoms with Gasteiger partial charge in [0, 0.05) is 22.8 Å². The highest BCUT2D eigenvalue weighted by Gasteiger charge is 2.35. The van der Waals surface area contributed by atoms with E-state index in [1.807, 2.05) is 0 Å². The maximum absolute atomic E-state index is 11.9. The Morgan fingerprint density at radius 2 is 2.21 bits per heavy atom. The Morgan fingerprint density at radius 1 is 1.53 bits per heavy atom. The van der Waals surface area contributed by atoms with E-state index in [0.29, 0.717) is 22.8 Å². The molecule has 0 saturated carbocycles. The van der Waals surface area contributed by atoms with Gasteiger partial charge < -0.3 is 4.90 Å². The predicted octanol–water partition coefficient (Wildman–Crippen LogP) is 3.76. The van der Waals surface area contributed by atoms with Crippen LogP contribution >= 0.6 is 43.5 Å². The molecule has 5 nitrogen and oxygen atoms in total. The summed E-state index contributed by atoms with van der Waals surface area (Å²) in [6.45, 7) is 0.461. The summed E-state index contributed by atoms with van der Waals surface area (Å²) < 4.78 is 0.438. The number of nitro benzene ring substituents is 1. The normalized spacial score (nSPS) is 19.0. The number of amides is 1. The van der Waals surface area contributed by atoms with Crippen LogP contribution in [0.2, 0.25) is 5.02 Å². The van der Waals surface area contributed by atoms with Gasteiger partial charge in [0.25, 0.3) is 0 Å². The zero-order valence-electron chi connectivity index (χ0n) is 9.61. The molecule has 2 rings (SSSR count). The SMILES string of the molecule is O=C1CC(CBr)CN1c1ccc(Br)c(Cl)c1[N+](=O)[O-]. The van der Waals surface area contributed by atoms with Gasteiger partial charge in [-0.1, -0.05) is 27.5 Å². The van der Waals surface area contributed by atoms with Gasteiger partial charge in [0.2, 0.25) is 5.91 Å². The molecule has 0 aliphatic carbocycles. The Bertz CT molecular complexity index is 553. The average Bonchev–Trinajstić information content (AvgIpc) is 2.73. The van der Waals surface area contributed by atoms with Crippen molar-refractivity contribution < 1.29 is 9.72 Å². The van der Waals surface area contributed by atoms with Gasteiger partial charge in [0.15, 0.2) is 0 Å². The van der Waals surface area contributed by atoms with Crippen molar-refractivity contribution in [2.24, 2.45) is 5.92 Å². The number of halogens is 3. The summed E-state index contributed by atoms with van der Waals surface area (Å²) in [5, 5.41) is 11.9. The first kappa shape index (κ1) is 14.7. The minimum Gasteiger partial charge on any atom is -0.306 e. The van der Waals surface area contributed by atoms with Crippen LogP contribution in [0.3, 0.4) is 0 Å². The molecule has 1 heterocycles. The first-order valence-electron chi connectivity index (χ1n) is 5.44. The Hall–Kier alpha value is -0.660. The summed E-state index contributed by atoms with van der Waals surface area (Å²) in [5.41, 5.74) is 0.0197. The van der Waals surface area contributed by atoms with E-state index in [2.05, 4.69) is 31.9 Å². The van der Waals surface area contributed by atoms with Gasteiger partial charge in [-0.25, -0.2) is 0 Å². The van der Waals surface area contributed by atoms with Crippen LogP contribution in [0.5, 0.6) is 0 Å². The van der Waals surface area contributed by atoms with Crippen molar-refractivity contribution in [2.75, 3.05) is 16.8 Å². The molecular weight excluding hydrogens is 403 g/mol. The van der Waals surface area contributed by atoms with Gasteiger partial charge in [-0.3, -0.25) is 14.9 Å². The number of hydrogen-bond acceptors (Lipinski definition) is 3. The molecule has 1 unspecified atom stereocenters. The second-order valence-corrected chi connectivity index (χ2v) is 6.09. The number of nitrogens with zero attached hydrogens (tertiary/aromatic N) is 2. The molecule has 1 aliphatic rings. The van der Waals surface area contributed by atoms with E-state index < -0.39 is 4.92 Å². The van der Waals surface area contributed by atoms with Crippen molar-refractivity contribution in [1.82, 2.24) is 0 Å². The predicted molar refractivity (Wildman–Crippen MR) is 80.1 cm³/mol. The Labute approximate surface area is 131 Å². The lowest BCUT2D eigenvalue weighted by Crippen LogP contribution is -2.25. The third-order valence-electron chi connectivity index (χ3n) is 2.94. The Balaban J connectivity index is 2.49. The van der Waals surface area contributed by atoms with Crippen LogP contribution in [0.1, 0.15) is 6.42 Å². The number of carbonyl (C=O) groups is 1. The van der Waals surface area contributed by atoms with Crippen molar-refractivity contribution >= 4 is 60.7 Å². The monoisotopic (exact) mass is 410 g/mol. The maximum atomic E-state index is 11.9. The highest BCUT2D eigenvalue weighted by Crippen LogP contribution is 2.41. The summed E-state index contributed by atoms with van der Waals surface area (Å²) in [7, 11) is 0. The van der Waals surface area contributed by atoms with Gasteiger partial charge in [0.05, 0.1) is 4.92 Å². The van der Waals surface area contributed by atoms with Gasteiger partial charge in [-0.15, -0.1) is 0 Å². The molecule has 19 heavy (non-hydrogen) atoms. The van der Waals surface area contributed by atoms with Crippen LogP contribution in [0.4, 0.5) is 11.4 Å². The van der Waals surface area contributed by atoms with Gasteiger partial charge >= 0.3 is 5.69 Å². The zero-order chi connectivity index (χ0) is 14.2. The number of rotatable bonds is 3. The van der Waals surface area contributed by atoms with E-state index in [1.165, 1.54) is 4.90 Å². The van der Waals surface area contributed by atoms with Crippen LogP contribution in [0, 0.1) is 16.0 Å². The third kappa shape index (κ3) is 2.78. The standard InChI is InChI=1S/C11H9Br2ClN2O3/c12-4-6-3-9(17)15(5-6)8-2-1-7(13)10(14)11(8)16(18)19/h1-2,6H,3-5H2. The second-order valence-electron chi connectivity index (χ2n) is 4.22. The molecule has 0 radical (unpaired) electrons. The third-order valence-corrected chi connectivity index (χ3v) is 5.13. The summed E-state index contributed by atoms with van der Waals surface area (Å²) in [4.78, 5) is 24.0. The number of nitro groups is 1. The highest BCUT2D eigenvalue weighted by atomic mass is 79.9. The summed E-state index contributed by atoms with van der Waals surface area (Å²) in [5.74, 6) is 0.0421. The molecule has 1 aromatic rings. The maximum Gasteiger partial charge on any atom is 0.312 e. The molecule has 1 atom stereocenters. The molecule has 0 aromatic heterocycles. The van der Waals surface area contributed by atoms with E-state index in [1.54, 1.807) is 12.1 Å². The summed E-state index contributed by atoms with van der Waals surface area (Å²) in [6.07, 6.45) is 0.385. The van der Waals surface area contributed by atoms with Crippen LogP contribution in [-0.4, -0.2) is 22.7 Å². The number of carbonyl (C=O) groups excluding carboxylic acids is 1. The van der Waals surface area contributed by atoms with Crippen LogP contribution < -0.4 is 4.90 Å². The van der Waals surface area contributed by atoms with E-state index in [-0.39, 0.29) is 28.2 Å². The molecule has 0 N–H and O–H groups in total. The minimum atomic E-state index is -0.558. The largest absolute Gasteiger partial charge is 0.312 e. The van der Waals surface area contributed by atoms with Crippen LogP contribution in [0.25, 0.3) is 0 Å². The van der Waals surface area contributed by atoms with Crippen LogP contribution in [0.15, 0.2) is 16.6 Å². The number of anilines is 1. The topological polar surface area (TPSA) is 63.5 Å². The lowest BCUT2D eigenvalue weighted by atomic mass is 10.2. The first-order valence-corrected chi connectivity index (χ1v) is 7.73. The van der Waals surface area contributed by atoms with E-state index in [0.717, 1.165) is 0 Å².